The Hall–Kier alpha value is -3.49. The van der Waals surface area contributed by atoms with Crippen molar-refractivity contribution in [1.82, 2.24) is 15.2 Å². The van der Waals surface area contributed by atoms with Gasteiger partial charge in [-0.2, -0.15) is 13.2 Å². The van der Waals surface area contributed by atoms with Crippen molar-refractivity contribution in [2.75, 3.05) is 10.6 Å². The lowest BCUT2D eigenvalue weighted by Crippen LogP contribution is -2.15. The Morgan fingerprint density at radius 2 is 1.78 bits per heavy atom. The minimum Gasteiger partial charge on any atom is -0.365 e. The molecule has 0 unspecified atom stereocenters. The molecule has 0 saturated carbocycles. The smallest absolute Gasteiger partial charge is 0.365 e. The zero-order valence-corrected chi connectivity index (χ0v) is 13.9. The first kappa shape index (κ1) is 18.3. The van der Waals surface area contributed by atoms with E-state index in [9.17, 15) is 18.0 Å². The number of aromatic nitrogens is 3. The molecule has 9 heteroatoms. The van der Waals surface area contributed by atoms with E-state index in [1.54, 1.807) is 18.5 Å². The van der Waals surface area contributed by atoms with E-state index in [2.05, 4.69) is 25.8 Å². The number of hydrogen-bond acceptors (Lipinski definition) is 5. The standard InChI is InChI=1S/C18H14F3N5O/c19-18(20,21)13-2-1-3-14(10-13)24-17(27)15-4-5-16(26-25-15)23-11-12-6-8-22-9-7-12/h1-10H,11H2,(H,23,26)(H,24,27). The molecular weight excluding hydrogens is 359 g/mol. The lowest BCUT2D eigenvalue weighted by molar-refractivity contribution is -0.137. The average Bonchev–Trinajstić information content (AvgIpc) is 2.67. The number of hydrogen-bond donors (Lipinski definition) is 2. The molecule has 0 aliphatic heterocycles. The molecule has 0 aliphatic rings. The molecule has 0 aliphatic carbocycles. The van der Waals surface area contributed by atoms with Gasteiger partial charge in [0, 0.05) is 24.6 Å². The Kier molecular flexibility index (Phi) is 5.30. The second-order valence-corrected chi connectivity index (χ2v) is 5.55. The van der Waals surface area contributed by atoms with Gasteiger partial charge in [0.15, 0.2) is 5.69 Å². The van der Waals surface area contributed by atoms with Gasteiger partial charge >= 0.3 is 6.18 Å². The van der Waals surface area contributed by atoms with Gasteiger partial charge in [-0.25, -0.2) is 0 Å². The molecule has 0 bridgehead atoms. The maximum atomic E-state index is 12.7. The first-order valence-corrected chi connectivity index (χ1v) is 7.87. The maximum Gasteiger partial charge on any atom is 0.416 e. The van der Waals surface area contributed by atoms with Crippen molar-refractivity contribution in [2.24, 2.45) is 0 Å². The van der Waals surface area contributed by atoms with Crippen molar-refractivity contribution in [3.05, 3.63) is 77.7 Å². The summed E-state index contributed by atoms with van der Waals surface area (Å²) in [5.41, 5.74) is 0.165. The monoisotopic (exact) mass is 373 g/mol. The normalized spacial score (nSPS) is 11.1. The number of pyridine rings is 1. The van der Waals surface area contributed by atoms with Crippen LogP contribution in [0.2, 0.25) is 0 Å². The van der Waals surface area contributed by atoms with Crippen LogP contribution in [-0.4, -0.2) is 21.1 Å². The number of halogens is 3. The number of rotatable bonds is 5. The van der Waals surface area contributed by atoms with Gasteiger partial charge in [-0.1, -0.05) is 6.07 Å². The average molecular weight is 373 g/mol. The van der Waals surface area contributed by atoms with Crippen LogP contribution in [0.15, 0.2) is 60.9 Å². The van der Waals surface area contributed by atoms with Crippen LogP contribution >= 0.6 is 0 Å². The fraction of sp³-hybridized carbons (Fsp3) is 0.111. The third-order valence-corrected chi connectivity index (χ3v) is 3.57. The zero-order valence-electron chi connectivity index (χ0n) is 13.9. The second-order valence-electron chi connectivity index (χ2n) is 5.55. The van der Waals surface area contributed by atoms with E-state index < -0.39 is 17.6 Å². The number of carbonyl (C=O) groups is 1. The van der Waals surface area contributed by atoms with Crippen molar-refractivity contribution in [1.29, 1.82) is 0 Å². The first-order chi connectivity index (χ1) is 12.9. The van der Waals surface area contributed by atoms with Crippen molar-refractivity contribution < 1.29 is 18.0 Å². The summed E-state index contributed by atoms with van der Waals surface area (Å²) in [6, 6.07) is 11.1. The molecule has 1 amide bonds. The SMILES string of the molecule is O=C(Nc1cccc(C(F)(F)F)c1)c1ccc(NCc2ccncc2)nn1. The Morgan fingerprint density at radius 3 is 2.44 bits per heavy atom. The highest BCUT2D eigenvalue weighted by Crippen LogP contribution is 2.30. The number of anilines is 2. The van der Waals surface area contributed by atoms with Crippen LogP contribution < -0.4 is 10.6 Å². The van der Waals surface area contributed by atoms with Gasteiger partial charge in [-0.3, -0.25) is 9.78 Å². The van der Waals surface area contributed by atoms with Gasteiger partial charge in [0.2, 0.25) is 0 Å². The van der Waals surface area contributed by atoms with E-state index in [0.717, 1.165) is 17.7 Å². The highest BCUT2D eigenvalue weighted by atomic mass is 19.4. The van der Waals surface area contributed by atoms with Gasteiger partial charge in [0.05, 0.1) is 5.56 Å². The van der Waals surface area contributed by atoms with Crippen LogP contribution in [0.25, 0.3) is 0 Å². The summed E-state index contributed by atoms with van der Waals surface area (Å²) in [5, 5.41) is 13.1. The molecule has 3 aromatic rings. The molecule has 27 heavy (non-hydrogen) atoms. The molecule has 2 heterocycles. The van der Waals surface area contributed by atoms with Crippen molar-refractivity contribution in [3.8, 4) is 0 Å². The van der Waals surface area contributed by atoms with Crippen LogP contribution in [-0.2, 0) is 12.7 Å². The van der Waals surface area contributed by atoms with E-state index in [-0.39, 0.29) is 11.4 Å². The number of nitrogens with zero attached hydrogens (tertiary/aromatic N) is 3. The third kappa shape index (κ3) is 5.00. The van der Waals surface area contributed by atoms with Gasteiger partial charge in [0.25, 0.3) is 5.91 Å². The minimum atomic E-state index is -4.48. The van der Waals surface area contributed by atoms with Crippen LogP contribution in [0.5, 0.6) is 0 Å². The second kappa shape index (κ2) is 7.81. The van der Waals surface area contributed by atoms with Crippen LogP contribution in [0.4, 0.5) is 24.7 Å². The molecule has 2 aromatic heterocycles. The predicted molar refractivity (Wildman–Crippen MR) is 93.0 cm³/mol. The van der Waals surface area contributed by atoms with Gasteiger partial charge in [0.1, 0.15) is 5.82 Å². The van der Waals surface area contributed by atoms with Crippen molar-refractivity contribution >= 4 is 17.4 Å². The zero-order chi connectivity index (χ0) is 19.3. The Balaban J connectivity index is 1.62. The third-order valence-electron chi connectivity index (χ3n) is 3.57. The quantitative estimate of drug-likeness (QED) is 0.712. The highest BCUT2D eigenvalue weighted by Gasteiger charge is 2.30. The summed E-state index contributed by atoms with van der Waals surface area (Å²) in [6.07, 6.45) is -1.14. The molecule has 138 valence electrons. The van der Waals surface area contributed by atoms with E-state index in [4.69, 9.17) is 0 Å². The summed E-state index contributed by atoms with van der Waals surface area (Å²) in [7, 11) is 0. The van der Waals surface area contributed by atoms with Crippen molar-refractivity contribution in [2.45, 2.75) is 12.7 Å². The number of carbonyl (C=O) groups excluding carboxylic acids is 1. The van der Waals surface area contributed by atoms with Crippen LogP contribution in [0.3, 0.4) is 0 Å². The maximum absolute atomic E-state index is 12.7. The summed E-state index contributed by atoms with van der Waals surface area (Å²) in [6.45, 7) is 0.507. The fourth-order valence-electron chi connectivity index (χ4n) is 2.21. The Labute approximate surface area is 152 Å². The molecular formula is C18H14F3N5O. The Morgan fingerprint density at radius 1 is 1.00 bits per heavy atom. The largest absolute Gasteiger partial charge is 0.416 e. The molecule has 1 aromatic carbocycles. The lowest BCUT2D eigenvalue weighted by atomic mass is 10.2. The molecule has 0 atom stereocenters. The van der Waals surface area contributed by atoms with Gasteiger partial charge in [-0.15, -0.1) is 10.2 Å². The molecule has 0 saturated heterocycles. The summed E-state index contributed by atoms with van der Waals surface area (Å²) >= 11 is 0. The van der Waals surface area contributed by atoms with E-state index in [1.165, 1.54) is 18.2 Å². The predicted octanol–water partition coefficient (Wildman–Crippen LogP) is 3.75. The van der Waals surface area contributed by atoms with E-state index in [0.29, 0.717) is 12.4 Å². The molecule has 0 radical (unpaired) electrons. The number of alkyl halides is 3. The molecule has 0 spiro atoms. The highest BCUT2D eigenvalue weighted by molar-refractivity contribution is 6.02. The van der Waals surface area contributed by atoms with Crippen LogP contribution in [0, 0.1) is 0 Å². The molecule has 2 N–H and O–H groups in total. The molecule has 3 rings (SSSR count). The molecule has 0 fully saturated rings. The summed E-state index contributed by atoms with van der Waals surface area (Å²) in [4.78, 5) is 16.1. The van der Waals surface area contributed by atoms with Crippen molar-refractivity contribution in [3.63, 3.8) is 0 Å². The molecule has 6 nitrogen and oxygen atoms in total. The summed E-state index contributed by atoms with van der Waals surface area (Å²) < 4.78 is 38.2. The number of nitrogens with one attached hydrogen (secondary N) is 2. The van der Waals surface area contributed by atoms with Crippen LogP contribution in [0.1, 0.15) is 21.6 Å². The topological polar surface area (TPSA) is 79.8 Å². The van der Waals surface area contributed by atoms with E-state index in [1.807, 2.05) is 12.1 Å². The number of benzene rings is 1. The lowest BCUT2D eigenvalue weighted by Gasteiger charge is -2.10. The Bertz CT molecular complexity index is 914. The summed E-state index contributed by atoms with van der Waals surface area (Å²) in [5.74, 6) is -0.190. The van der Waals surface area contributed by atoms with Gasteiger partial charge in [-0.05, 0) is 48.0 Å². The minimum absolute atomic E-state index is 0.0122. The first-order valence-electron chi connectivity index (χ1n) is 7.87. The number of amides is 1. The fourth-order valence-corrected chi connectivity index (χ4v) is 2.21. The van der Waals surface area contributed by atoms with E-state index >= 15 is 0 Å². The van der Waals surface area contributed by atoms with Gasteiger partial charge < -0.3 is 10.6 Å².